The van der Waals surface area contributed by atoms with Crippen LogP contribution in [-0.2, 0) is 9.53 Å². The fourth-order valence-electron chi connectivity index (χ4n) is 2.41. The Kier molecular flexibility index (Phi) is 5.75. The largest absolute Gasteiger partial charge is 0.451 e. The zero-order chi connectivity index (χ0) is 20.1. The molecule has 0 bridgehead atoms. The molecule has 1 amide bonds. The number of carbonyl (C=O) groups is 2. The number of nitro benzene ring substituents is 1. The Balaban J connectivity index is 1.64. The van der Waals surface area contributed by atoms with Crippen LogP contribution in [0.4, 0.5) is 11.4 Å². The second-order valence-corrected chi connectivity index (χ2v) is 6.70. The van der Waals surface area contributed by atoms with Gasteiger partial charge in [0.15, 0.2) is 6.61 Å². The van der Waals surface area contributed by atoms with E-state index in [-0.39, 0.29) is 11.4 Å². The number of hydrogen-bond acceptors (Lipinski definition) is 7. The summed E-state index contributed by atoms with van der Waals surface area (Å²) in [5.74, 6) is -1.34. The van der Waals surface area contributed by atoms with E-state index in [0.717, 1.165) is 5.56 Å². The molecule has 0 fully saturated rings. The molecule has 0 unspecified atom stereocenters. The summed E-state index contributed by atoms with van der Waals surface area (Å²) >= 11 is 1.18. The van der Waals surface area contributed by atoms with Gasteiger partial charge in [-0.25, -0.2) is 9.78 Å². The Hall–Kier alpha value is -3.59. The summed E-state index contributed by atoms with van der Waals surface area (Å²) < 4.78 is 5.04. The van der Waals surface area contributed by atoms with Crippen LogP contribution >= 0.6 is 11.3 Å². The molecule has 0 radical (unpaired) electrons. The molecule has 2 aromatic carbocycles. The van der Waals surface area contributed by atoms with E-state index < -0.39 is 23.4 Å². The zero-order valence-corrected chi connectivity index (χ0v) is 15.6. The Morgan fingerprint density at radius 3 is 2.54 bits per heavy atom. The number of nitrogens with zero attached hydrogens (tertiary/aromatic N) is 2. The van der Waals surface area contributed by atoms with Crippen LogP contribution in [0.1, 0.15) is 15.4 Å². The molecule has 0 aliphatic rings. The Bertz CT molecular complexity index is 1030. The van der Waals surface area contributed by atoms with E-state index in [1.807, 2.05) is 30.3 Å². The monoisotopic (exact) mass is 397 g/mol. The third kappa shape index (κ3) is 4.38. The van der Waals surface area contributed by atoms with Crippen LogP contribution in [0.15, 0.2) is 54.6 Å². The topological polar surface area (TPSA) is 111 Å². The molecule has 0 saturated heterocycles. The quantitative estimate of drug-likeness (QED) is 0.384. The molecular formula is C19H15N3O5S. The normalized spacial score (nSPS) is 10.3. The number of para-hydroxylation sites is 2. The number of esters is 1. The summed E-state index contributed by atoms with van der Waals surface area (Å²) in [6.45, 7) is 1.12. The molecule has 0 aliphatic heterocycles. The van der Waals surface area contributed by atoms with Gasteiger partial charge in [-0.05, 0) is 13.0 Å². The Morgan fingerprint density at radius 2 is 1.82 bits per heavy atom. The molecule has 0 aliphatic carbocycles. The Morgan fingerprint density at radius 1 is 1.14 bits per heavy atom. The first-order chi connectivity index (χ1) is 13.5. The number of aromatic nitrogens is 1. The number of thiazole rings is 1. The number of hydrogen-bond donors (Lipinski definition) is 1. The first kappa shape index (κ1) is 19.2. The number of ether oxygens (including phenoxy) is 1. The van der Waals surface area contributed by atoms with Gasteiger partial charge >= 0.3 is 5.97 Å². The molecular weight excluding hydrogens is 382 g/mol. The average Bonchev–Trinajstić information content (AvgIpc) is 3.09. The van der Waals surface area contributed by atoms with Crippen LogP contribution < -0.4 is 5.32 Å². The van der Waals surface area contributed by atoms with Gasteiger partial charge in [0.05, 0.1) is 10.6 Å². The van der Waals surface area contributed by atoms with Gasteiger partial charge in [0.25, 0.3) is 11.6 Å². The van der Waals surface area contributed by atoms with Gasteiger partial charge in [0.1, 0.15) is 15.6 Å². The Labute approximate surface area is 164 Å². The van der Waals surface area contributed by atoms with E-state index in [2.05, 4.69) is 10.3 Å². The number of anilines is 1. The first-order valence-corrected chi connectivity index (χ1v) is 9.00. The van der Waals surface area contributed by atoms with Crippen molar-refractivity contribution in [2.24, 2.45) is 0 Å². The molecule has 9 heteroatoms. The summed E-state index contributed by atoms with van der Waals surface area (Å²) in [5, 5.41) is 14.0. The van der Waals surface area contributed by atoms with Crippen molar-refractivity contribution in [1.29, 1.82) is 0 Å². The standard InChI is InChI=1S/C19H15N3O5S/c1-12-17(28-18(20-12)13-7-3-2-4-8-13)19(24)27-11-16(23)21-14-9-5-6-10-15(14)22(25)26/h2-10H,11H2,1H3,(H,21,23). The second kappa shape index (κ2) is 8.40. The van der Waals surface area contributed by atoms with Gasteiger partial charge in [-0.15, -0.1) is 11.3 Å². The van der Waals surface area contributed by atoms with Gasteiger partial charge < -0.3 is 10.1 Å². The number of rotatable bonds is 6. The molecule has 28 heavy (non-hydrogen) atoms. The van der Waals surface area contributed by atoms with Crippen molar-refractivity contribution in [2.45, 2.75) is 6.92 Å². The molecule has 1 N–H and O–H groups in total. The van der Waals surface area contributed by atoms with Gasteiger partial charge in [-0.3, -0.25) is 14.9 Å². The van der Waals surface area contributed by atoms with Gasteiger partial charge in [0, 0.05) is 11.6 Å². The number of benzene rings is 2. The number of nitro groups is 1. The minimum Gasteiger partial charge on any atom is -0.451 e. The van der Waals surface area contributed by atoms with Crippen LogP contribution in [0.3, 0.4) is 0 Å². The molecule has 3 rings (SSSR count). The number of nitrogens with one attached hydrogen (secondary N) is 1. The second-order valence-electron chi connectivity index (χ2n) is 5.70. The lowest BCUT2D eigenvalue weighted by atomic mass is 10.2. The molecule has 1 aromatic heterocycles. The molecule has 0 atom stereocenters. The van der Waals surface area contributed by atoms with E-state index in [0.29, 0.717) is 15.6 Å². The number of carbonyl (C=O) groups excluding carboxylic acids is 2. The van der Waals surface area contributed by atoms with Crippen molar-refractivity contribution >= 4 is 34.6 Å². The van der Waals surface area contributed by atoms with E-state index in [9.17, 15) is 19.7 Å². The van der Waals surface area contributed by atoms with Gasteiger partial charge in [-0.1, -0.05) is 42.5 Å². The van der Waals surface area contributed by atoms with E-state index in [1.54, 1.807) is 13.0 Å². The van der Waals surface area contributed by atoms with Crippen LogP contribution in [0.25, 0.3) is 10.6 Å². The summed E-state index contributed by atoms with van der Waals surface area (Å²) in [4.78, 5) is 39.4. The highest BCUT2D eigenvalue weighted by Gasteiger charge is 2.20. The van der Waals surface area contributed by atoms with Crippen LogP contribution in [0.2, 0.25) is 0 Å². The fraction of sp³-hybridized carbons (Fsp3) is 0.105. The highest BCUT2D eigenvalue weighted by Crippen LogP contribution is 2.28. The summed E-state index contributed by atoms with van der Waals surface area (Å²) in [7, 11) is 0. The van der Waals surface area contributed by atoms with Crippen molar-refractivity contribution in [3.8, 4) is 10.6 Å². The van der Waals surface area contributed by atoms with Crippen LogP contribution in [-0.4, -0.2) is 28.4 Å². The molecule has 142 valence electrons. The predicted octanol–water partition coefficient (Wildman–Crippen LogP) is 3.82. The van der Waals surface area contributed by atoms with Gasteiger partial charge in [-0.2, -0.15) is 0 Å². The minimum atomic E-state index is -0.673. The fourth-order valence-corrected chi connectivity index (χ4v) is 3.38. The maximum Gasteiger partial charge on any atom is 0.350 e. The third-order valence-corrected chi connectivity index (χ3v) is 4.90. The maximum atomic E-state index is 12.3. The highest BCUT2D eigenvalue weighted by atomic mass is 32.1. The molecule has 8 nitrogen and oxygen atoms in total. The van der Waals surface area contributed by atoms with Crippen LogP contribution in [0.5, 0.6) is 0 Å². The van der Waals surface area contributed by atoms with E-state index in [1.165, 1.54) is 29.5 Å². The lowest BCUT2D eigenvalue weighted by Gasteiger charge is -2.06. The molecule has 3 aromatic rings. The zero-order valence-electron chi connectivity index (χ0n) is 14.7. The van der Waals surface area contributed by atoms with E-state index >= 15 is 0 Å². The number of aryl methyl sites for hydroxylation is 1. The van der Waals surface area contributed by atoms with Crippen molar-refractivity contribution in [2.75, 3.05) is 11.9 Å². The first-order valence-electron chi connectivity index (χ1n) is 8.19. The summed E-state index contributed by atoms with van der Waals surface area (Å²) in [6.07, 6.45) is 0. The summed E-state index contributed by atoms with van der Waals surface area (Å²) in [6, 6.07) is 15.1. The predicted molar refractivity (Wildman–Crippen MR) is 104 cm³/mol. The van der Waals surface area contributed by atoms with Crippen molar-refractivity contribution in [3.63, 3.8) is 0 Å². The lowest BCUT2D eigenvalue weighted by Crippen LogP contribution is -2.21. The third-order valence-electron chi connectivity index (χ3n) is 3.71. The minimum absolute atomic E-state index is 0.0360. The summed E-state index contributed by atoms with van der Waals surface area (Å²) in [5.41, 5.74) is 1.18. The van der Waals surface area contributed by atoms with Crippen molar-refractivity contribution in [1.82, 2.24) is 4.98 Å². The maximum absolute atomic E-state index is 12.3. The number of amides is 1. The highest BCUT2D eigenvalue weighted by molar-refractivity contribution is 7.17. The smallest absolute Gasteiger partial charge is 0.350 e. The van der Waals surface area contributed by atoms with Crippen LogP contribution in [0, 0.1) is 17.0 Å². The molecule has 0 spiro atoms. The average molecular weight is 397 g/mol. The van der Waals surface area contributed by atoms with Crippen molar-refractivity contribution < 1.29 is 19.2 Å². The molecule has 0 saturated carbocycles. The van der Waals surface area contributed by atoms with E-state index in [4.69, 9.17) is 4.74 Å². The SMILES string of the molecule is Cc1nc(-c2ccccc2)sc1C(=O)OCC(=O)Nc1ccccc1[N+](=O)[O-]. The molecule has 1 heterocycles. The van der Waals surface area contributed by atoms with Gasteiger partial charge in [0.2, 0.25) is 0 Å². The lowest BCUT2D eigenvalue weighted by molar-refractivity contribution is -0.383. The van der Waals surface area contributed by atoms with Crippen molar-refractivity contribution in [3.05, 3.63) is 75.3 Å².